The van der Waals surface area contributed by atoms with Gasteiger partial charge in [-0.15, -0.1) is 5.10 Å². The van der Waals surface area contributed by atoms with Crippen LogP contribution < -0.4 is 10.6 Å². The lowest BCUT2D eigenvalue weighted by molar-refractivity contribution is -0.122. The molecule has 0 radical (unpaired) electrons. The summed E-state index contributed by atoms with van der Waals surface area (Å²) in [6, 6.07) is 9.82. The Balaban J connectivity index is 1.75. The van der Waals surface area contributed by atoms with Crippen molar-refractivity contribution in [1.82, 2.24) is 25.6 Å². The predicted molar refractivity (Wildman–Crippen MR) is 80.3 cm³/mol. The molecule has 1 aromatic carbocycles. The topological polar surface area (TPSA) is 71.8 Å². The lowest BCUT2D eigenvalue weighted by Gasteiger charge is -2.04. The van der Waals surface area contributed by atoms with E-state index in [0.29, 0.717) is 13.1 Å². The SMILES string of the molecule is CCCNCc1cn(CC(=O)NCc2ccccc2)nn1. The van der Waals surface area contributed by atoms with Crippen LogP contribution in [0.5, 0.6) is 0 Å². The number of aromatic nitrogens is 3. The van der Waals surface area contributed by atoms with Crippen LogP contribution in [0.2, 0.25) is 0 Å². The molecular weight excluding hydrogens is 266 g/mol. The minimum absolute atomic E-state index is 0.0724. The Morgan fingerprint density at radius 2 is 2.05 bits per heavy atom. The summed E-state index contributed by atoms with van der Waals surface area (Å²) >= 11 is 0. The third-order valence-electron chi connectivity index (χ3n) is 2.96. The van der Waals surface area contributed by atoms with Crippen molar-refractivity contribution in [3.05, 3.63) is 47.8 Å². The molecule has 0 aliphatic rings. The summed E-state index contributed by atoms with van der Waals surface area (Å²) in [5, 5.41) is 14.1. The van der Waals surface area contributed by atoms with Crippen molar-refractivity contribution in [3.63, 3.8) is 0 Å². The maximum atomic E-state index is 11.8. The van der Waals surface area contributed by atoms with Crippen molar-refractivity contribution < 1.29 is 4.79 Å². The molecule has 21 heavy (non-hydrogen) atoms. The van der Waals surface area contributed by atoms with Crippen LogP contribution in [0.15, 0.2) is 36.5 Å². The van der Waals surface area contributed by atoms with Crippen molar-refractivity contribution in [2.75, 3.05) is 6.54 Å². The van der Waals surface area contributed by atoms with E-state index >= 15 is 0 Å². The maximum Gasteiger partial charge on any atom is 0.242 e. The number of amides is 1. The summed E-state index contributed by atoms with van der Waals surface area (Å²) in [5.74, 6) is -0.0724. The van der Waals surface area contributed by atoms with E-state index in [9.17, 15) is 4.79 Å². The minimum Gasteiger partial charge on any atom is -0.350 e. The van der Waals surface area contributed by atoms with E-state index in [2.05, 4.69) is 27.9 Å². The van der Waals surface area contributed by atoms with Gasteiger partial charge in [-0.1, -0.05) is 42.5 Å². The zero-order valence-electron chi connectivity index (χ0n) is 12.2. The predicted octanol–water partition coefficient (Wildman–Crippen LogP) is 1.09. The summed E-state index contributed by atoms with van der Waals surface area (Å²) < 4.78 is 1.56. The van der Waals surface area contributed by atoms with Crippen molar-refractivity contribution in [3.8, 4) is 0 Å². The van der Waals surface area contributed by atoms with Gasteiger partial charge in [0.05, 0.1) is 11.9 Å². The second kappa shape index (κ2) is 8.16. The standard InChI is InChI=1S/C15H21N5O/c1-2-8-16-10-14-11-20(19-18-14)12-15(21)17-9-13-6-4-3-5-7-13/h3-7,11,16H,2,8-10,12H2,1H3,(H,17,21). The van der Waals surface area contributed by atoms with E-state index in [1.807, 2.05) is 30.3 Å². The van der Waals surface area contributed by atoms with Crippen molar-refractivity contribution >= 4 is 5.91 Å². The van der Waals surface area contributed by atoms with Gasteiger partial charge in [-0.2, -0.15) is 0 Å². The lowest BCUT2D eigenvalue weighted by Crippen LogP contribution is -2.27. The fraction of sp³-hybridized carbons (Fsp3) is 0.400. The second-order valence-corrected chi connectivity index (χ2v) is 4.85. The van der Waals surface area contributed by atoms with Gasteiger partial charge in [-0.05, 0) is 18.5 Å². The molecule has 0 aliphatic heterocycles. The fourth-order valence-corrected chi connectivity index (χ4v) is 1.89. The van der Waals surface area contributed by atoms with Gasteiger partial charge in [-0.25, -0.2) is 4.68 Å². The average molecular weight is 287 g/mol. The van der Waals surface area contributed by atoms with Crippen LogP contribution in [0, 0.1) is 0 Å². The highest BCUT2D eigenvalue weighted by Gasteiger charge is 2.05. The first-order valence-corrected chi connectivity index (χ1v) is 7.18. The van der Waals surface area contributed by atoms with Gasteiger partial charge in [0.1, 0.15) is 6.54 Å². The van der Waals surface area contributed by atoms with Gasteiger partial charge in [0.25, 0.3) is 0 Å². The van der Waals surface area contributed by atoms with Crippen LogP contribution in [0.3, 0.4) is 0 Å². The number of hydrogen-bond donors (Lipinski definition) is 2. The van der Waals surface area contributed by atoms with Crippen LogP contribution in [-0.4, -0.2) is 27.4 Å². The van der Waals surface area contributed by atoms with Gasteiger partial charge < -0.3 is 10.6 Å². The lowest BCUT2D eigenvalue weighted by atomic mass is 10.2. The molecular formula is C15H21N5O. The van der Waals surface area contributed by atoms with Crippen molar-refractivity contribution in [2.24, 2.45) is 0 Å². The number of rotatable bonds is 8. The first-order chi connectivity index (χ1) is 10.3. The van der Waals surface area contributed by atoms with Crippen LogP contribution in [-0.2, 0) is 24.4 Å². The molecule has 0 bridgehead atoms. The van der Waals surface area contributed by atoms with E-state index in [4.69, 9.17) is 0 Å². The molecule has 0 fully saturated rings. The largest absolute Gasteiger partial charge is 0.350 e. The molecule has 2 rings (SSSR count). The molecule has 2 N–H and O–H groups in total. The molecule has 6 heteroatoms. The van der Waals surface area contributed by atoms with Crippen molar-refractivity contribution in [2.45, 2.75) is 33.0 Å². The summed E-state index contributed by atoms with van der Waals surface area (Å²) in [6.07, 6.45) is 2.88. The number of hydrogen-bond acceptors (Lipinski definition) is 4. The summed E-state index contributed by atoms with van der Waals surface area (Å²) in [5.41, 5.74) is 1.92. The van der Waals surface area contributed by atoms with Crippen LogP contribution >= 0.6 is 0 Å². The molecule has 1 amide bonds. The van der Waals surface area contributed by atoms with E-state index in [1.54, 1.807) is 10.9 Å². The summed E-state index contributed by atoms with van der Waals surface area (Å²) in [7, 11) is 0. The highest BCUT2D eigenvalue weighted by atomic mass is 16.2. The molecule has 0 saturated carbocycles. The van der Waals surface area contributed by atoms with Gasteiger partial charge in [0, 0.05) is 13.1 Å². The highest BCUT2D eigenvalue weighted by Crippen LogP contribution is 1.97. The molecule has 6 nitrogen and oxygen atoms in total. The molecule has 0 saturated heterocycles. The van der Waals surface area contributed by atoms with Crippen LogP contribution in [0.4, 0.5) is 0 Å². The first-order valence-electron chi connectivity index (χ1n) is 7.18. The Kier molecular flexibility index (Phi) is 5.90. The summed E-state index contributed by atoms with van der Waals surface area (Å²) in [6.45, 7) is 4.46. The molecule has 112 valence electrons. The number of carbonyl (C=O) groups is 1. The minimum atomic E-state index is -0.0724. The van der Waals surface area contributed by atoms with Crippen molar-refractivity contribution in [1.29, 1.82) is 0 Å². The molecule has 2 aromatic rings. The van der Waals surface area contributed by atoms with E-state index in [1.165, 1.54) is 0 Å². The van der Waals surface area contributed by atoms with Gasteiger partial charge >= 0.3 is 0 Å². The number of nitrogens with one attached hydrogen (secondary N) is 2. The fourth-order valence-electron chi connectivity index (χ4n) is 1.89. The zero-order chi connectivity index (χ0) is 14.9. The van der Waals surface area contributed by atoms with Gasteiger partial charge in [0.15, 0.2) is 0 Å². The van der Waals surface area contributed by atoms with Gasteiger partial charge in [0.2, 0.25) is 5.91 Å². The number of benzene rings is 1. The van der Waals surface area contributed by atoms with E-state index < -0.39 is 0 Å². The average Bonchev–Trinajstić information content (AvgIpc) is 2.94. The summed E-state index contributed by atoms with van der Waals surface area (Å²) in [4.78, 5) is 11.8. The molecule has 0 unspecified atom stereocenters. The highest BCUT2D eigenvalue weighted by molar-refractivity contribution is 5.75. The molecule has 0 spiro atoms. The Labute approximate surface area is 124 Å². The molecule has 1 aromatic heterocycles. The Bertz CT molecular complexity index is 552. The van der Waals surface area contributed by atoms with Crippen LogP contribution in [0.25, 0.3) is 0 Å². The zero-order valence-corrected chi connectivity index (χ0v) is 12.2. The third kappa shape index (κ3) is 5.35. The van der Waals surface area contributed by atoms with E-state index in [0.717, 1.165) is 24.2 Å². The Morgan fingerprint density at radius 1 is 1.24 bits per heavy atom. The normalized spacial score (nSPS) is 10.5. The monoisotopic (exact) mass is 287 g/mol. The Morgan fingerprint density at radius 3 is 2.81 bits per heavy atom. The quantitative estimate of drug-likeness (QED) is 0.713. The van der Waals surface area contributed by atoms with Crippen LogP contribution in [0.1, 0.15) is 24.6 Å². The van der Waals surface area contributed by atoms with E-state index in [-0.39, 0.29) is 12.5 Å². The third-order valence-corrected chi connectivity index (χ3v) is 2.96. The number of nitrogens with zero attached hydrogens (tertiary/aromatic N) is 3. The van der Waals surface area contributed by atoms with Gasteiger partial charge in [-0.3, -0.25) is 4.79 Å². The molecule has 0 atom stereocenters. The first kappa shape index (κ1) is 15.2. The molecule has 0 aliphatic carbocycles. The number of carbonyl (C=O) groups excluding carboxylic acids is 1. The molecule has 1 heterocycles. The second-order valence-electron chi connectivity index (χ2n) is 4.85. The Hall–Kier alpha value is -2.21. The smallest absolute Gasteiger partial charge is 0.242 e. The maximum absolute atomic E-state index is 11.8.